The second-order valence-electron chi connectivity index (χ2n) is 2.56. The molecule has 4 nitrogen and oxygen atoms in total. The Kier molecular flexibility index (Phi) is 5.64. The highest BCUT2D eigenvalue weighted by molar-refractivity contribution is 6.26. The van der Waals surface area contributed by atoms with Crippen LogP contribution >= 0.6 is 11.6 Å². The molecule has 14 heavy (non-hydrogen) atoms. The number of allylic oxidation sites excluding steroid dienone is 1. The number of hydrogen-bond acceptors (Lipinski definition) is 3. The van der Waals surface area contributed by atoms with Crippen LogP contribution in [0, 0.1) is 0 Å². The molecule has 78 valence electrons. The van der Waals surface area contributed by atoms with Gasteiger partial charge in [0.2, 0.25) is 0 Å². The molecule has 0 bridgehead atoms. The zero-order chi connectivity index (χ0) is 11.1. The van der Waals surface area contributed by atoms with Crippen molar-refractivity contribution in [1.82, 2.24) is 0 Å². The smallest absolute Gasteiger partial charge is 0.330 e. The Bertz CT molecular complexity index is 270. The largest absolute Gasteiger partial charge is 0.478 e. The first-order valence-corrected chi connectivity index (χ1v) is 4.36. The van der Waals surface area contributed by atoms with Gasteiger partial charge in [0.25, 0.3) is 0 Å². The van der Waals surface area contributed by atoms with Gasteiger partial charge in [-0.3, -0.25) is 4.79 Å². The van der Waals surface area contributed by atoms with Crippen LogP contribution in [0.15, 0.2) is 24.5 Å². The first kappa shape index (κ1) is 12.7. The van der Waals surface area contributed by atoms with Gasteiger partial charge >= 0.3 is 11.9 Å². The van der Waals surface area contributed by atoms with Gasteiger partial charge in [-0.25, -0.2) is 4.79 Å². The van der Waals surface area contributed by atoms with E-state index in [0.717, 1.165) is 0 Å². The fourth-order valence-corrected chi connectivity index (χ4v) is 0.691. The van der Waals surface area contributed by atoms with E-state index in [1.165, 1.54) is 0 Å². The van der Waals surface area contributed by atoms with Crippen LogP contribution in [-0.2, 0) is 14.3 Å². The minimum absolute atomic E-state index is 0.0491. The lowest BCUT2D eigenvalue weighted by Gasteiger charge is -2.05. The molecule has 0 aromatic heterocycles. The Morgan fingerprint density at radius 3 is 2.29 bits per heavy atom. The predicted octanol–water partition coefficient (Wildman–Crippen LogP) is 1.70. The van der Waals surface area contributed by atoms with Crippen molar-refractivity contribution in [3.8, 4) is 0 Å². The van der Waals surface area contributed by atoms with Crippen LogP contribution in [0.3, 0.4) is 0 Å². The number of carboxylic acid groups (broad SMARTS) is 1. The second-order valence-corrected chi connectivity index (χ2v) is 2.82. The summed E-state index contributed by atoms with van der Waals surface area (Å²) in [6.07, 6.45) is 0.442. The van der Waals surface area contributed by atoms with Crippen molar-refractivity contribution in [2.24, 2.45) is 0 Å². The van der Waals surface area contributed by atoms with Crippen LogP contribution in [0.25, 0.3) is 0 Å². The molecule has 1 N–H and O–H groups in total. The average Bonchev–Trinajstić information content (AvgIpc) is 2.13. The Labute approximate surface area is 86.8 Å². The predicted molar refractivity (Wildman–Crippen MR) is 52.0 cm³/mol. The van der Waals surface area contributed by atoms with Gasteiger partial charge in [0.1, 0.15) is 11.6 Å². The average molecular weight is 219 g/mol. The van der Waals surface area contributed by atoms with Crippen molar-refractivity contribution in [3.63, 3.8) is 0 Å². The molecule has 0 fully saturated rings. The fraction of sp³-hybridized carbons (Fsp3) is 0.333. The third kappa shape index (κ3) is 5.37. The van der Waals surface area contributed by atoms with Crippen molar-refractivity contribution in [1.29, 1.82) is 0 Å². The summed E-state index contributed by atoms with van der Waals surface area (Å²) < 4.78 is 4.63. The van der Waals surface area contributed by atoms with Crippen molar-refractivity contribution in [3.05, 3.63) is 24.5 Å². The summed E-state index contributed by atoms with van der Waals surface area (Å²) in [5.74, 6) is -1.73. The molecule has 0 rings (SSSR count). The van der Waals surface area contributed by atoms with Crippen molar-refractivity contribution < 1.29 is 19.4 Å². The molecule has 0 unspecified atom stereocenters. The summed E-state index contributed by atoms with van der Waals surface area (Å²) in [5, 5.41) is 8.46. The Morgan fingerprint density at radius 1 is 1.29 bits per heavy atom. The van der Waals surface area contributed by atoms with Crippen LogP contribution in [0.2, 0.25) is 0 Å². The molecule has 0 aliphatic heterocycles. The van der Waals surface area contributed by atoms with Gasteiger partial charge in [0, 0.05) is 12.0 Å². The van der Waals surface area contributed by atoms with E-state index >= 15 is 0 Å². The van der Waals surface area contributed by atoms with E-state index in [4.69, 9.17) is 16.7 Å². The van der Waals surface area contributed by atoms with Crippen molar-refractivity contribution >= 4 is 23.5 Å². The number of hydrogen-bond donors (Lipinski definition) is 1. The van der Waals surface area contributed by atoms with E-state index in [1.54, 1.807) is 0 Å². The first-order chi connectivity index (χ1) is 6.47. The molecule has 0 saturated heterocycles. The maximum Gasteiger partial charge on any atom is 0.330 e. The van der Waals surface area contributed by atoms with E-state index in [0.29, 0.717) is 0 Å². The highest BCUT2D eigenvalue weighted by Crippen LogP contribution is 2.10. The number of esters is 1. The maximum atomic E-state index is 10.6. The number of carboxylic acids is 1. The van der Waals surface area contributed by atoms with Gasteiger partial charge in [-0.2, -0.15) is 0 Å². The van der Waals surface area contributed by atoms with Gasteiger partial charge in [-0.15, -0.1) is 11.6 Å². The quantitative estimate of drug-likeness (QED) is 0.319. The number of ether oxygens (including phenoxy) is 1. The highest BCUT2D eigenvalue weighted by Gasteiger charge is 2.07. The van der Waals surface area contributed by atoms with E-state index in [9.17, 15) is 9.59 Å². The minimum atomic E-state index is -1.07. The molecule has 0 spiro atoms. The van der Waals surface area contributed by atoms with Gasteiger partial charge in [0.05, 0.1) is 0 Å². The normalized spacial score (nSPS) is 9.21. The molecular formula is C9H11ClO4. The van der Waals surface area contributed by atoms with Crippen LogP contribution in [-0.4, -0.2) is 22.9 Å². The number of carbonyl (C=O) groups is 2. The molecule has 0 saturated carbocycles. The van der Waals surface area contributed by atoms with Crippen molar-refractivity contribution in [2.75, 3.05) is 5.88 Å². The summed E-state index contributed by atoms with van der Waals surface area (Å²) in [6, 6.07) is 0. The van der Waals surface area contributed by atoms with Crippen LogP contribution in [0.4, 0.5) is 0 Å². The van der Waals surface area contributed by atoms with Gasteiger partial charge < -0.3 is 9.84 Å². The number of alkyl halides is 1. The van der Waals surface area contributed by atoms with Crippen LogP contribution in [0.1, 0.15) is 12.8 Å². The van der Waals surface area contributed by atoms with Crippen LogP contribution in [0.5, 0.6) is 0 Å². The molecule has 0 aromatic rings. The summed E-state index contributed by atoms with van der Waals surface area (Å²) >= 11 is 5.18. The Morgan fingerprint density at radius 2 is 1.86 bits per heavy atom. The van der Waals surface area contributed by atoms with E-state index in [2.05, 4.69) is 17.9 Å². The van der Waals surface area contributed by atoms with Gasteiger partial charge in [-0.1, -0.05) is 13.2 Å². The van der Waals surface area contributed by atoms with E-state index < -0.39 is 11.9 Å². The number of aliphatic carboxylic acids is 1. The van der Waals surface area contributed by atoms with Gasteiger partial charge in [-0.05, 0) is 6.42 Å². The van der Waals surface area contributed by atoms with Crippen molar-refractivity contribution in [2.45, 2.75) is 12.8 Å². The van der Waals surface area contributed by atoms with Gasteiger partial charge in [0.15, 0.2) is 0 Å². The molecule has 0 aliphatic rings. The number of carbonyl (C=O) groups excluding carboxylic acids is 1. The molecule has 0 amide bonds. The molecule has 0 heterocycles. The summed E-state index contributed by atoms with van der Waals surface area (Å²) in [6.45, 7) is 6.76. The standard InChI is InChI=1S/C9H11ClO4/c1-6(9(12)13)3-4-7(2)14-8(11)5-10/h1-5H2,(H,12,13). The topological polar surface area (TPSA) is 63.6 Å². The summed E-state index contributed by atoms with van der Waals surface area (Å²) in [4.78, 5) is 21.0. The number of halogens is 1. The van der Waals surface area contributed by atoms with Crippen LogP contribution < -0.4 is 0 Å². The second kappa shape index (κ2) is 6.21. The molecule has 0 aromatic carbocycles. The third-order valence-corrected chi connectivity index (χ3v) is 1.59. The Hall–Kier alpha value is -1.29. The lowest BCUT2D eigenvalue weighted by atomic mass is 10.1. The summed E-state index contributed by atoms with van der Waals surface area (Å²) in [7, 11) is 0. The van der Waals surface area contributed by atoms with E-state index in [1.807, 2.05) is 0 Å². The zero-order valence-electron chi connectivity index (χ0n) is 7.59. The molecular weight excluding hydrogens is 208 g/mol. The third-order valence-electron chi connectivity index (χ3n) is 1.38. The lowest BCUT2D eigenvalue weighted by molar-refractivity contribution is -0.136. The number of rotatable bonds is 6. The Balaban J connectivity index is 3.80. The molecule has 0 radical (unpaired) electrons. The fourth-order valence-electron chi connectivity index (χ4n) is 0.637. The SMILES string of the molecule is C=C(CCC(=C)C(=O)O)OC(=O)CCl. The molecule has 5 heteroatoms. The molecule has 0 aliphatic carbocycles. The lowest BCUT2D eigenvalue weighted by Crippen LogP contribution is -2.06. The molecule has 0 atom stereocenters. The van der Waals surface area contributed by atoms with E-state index in [-0.39, 0.29) is 30.1 Å². The summed E-state index contributed by atoms with van der Waals surface area (Å²) in [5.41, 5.74) is 0.0491. The minimum Gasteiger partial charge on any atom is -0.478 e. The monoisotopic (exact) mass is 218 g/mol. The highest BCUT2D eigenvalue weighted by atomic mass is 35.5. The zero-order valence-corrected chi connectivity index (χ0v) is 8.34. The maximum absolute atomic E-state index is 10.6. The first-order valence-electron chi connectivity index (χ1n) is 3.83.